The Labute approximate surface area is 113 Å². The van der Waals surface area contributed by atoms with Gasteiger partial charge in [0.05, 0.1) is 0 Å². The molecule has 2 atom stereocenters. The second-order valence-electron chi connectivity index (χ2n) is 6.67. The van der Waals surface area contributed by atoms with Crippen LogP contribution in [0.15, 0.2) is 18.2 Å². The third-order valence-corrected chi connectivity index (χ3v) is 4.65. The first-order valence-electron chi connectivity index (χ1n) is 7.65. The van der Waals surface area contributed by atoms with Crippen molar-refractivity contribution in [2.75, 3.05) is 0 Å². The van der Waals surface area contributed by atoms with Crippen molar-refractivity contribution in [3.63, 3.8) is 0 Å². The van der Waals surface area contributed by atoms with Gasteiger partial charge in [0.15, 0.2) is 0 Å². The maximum atomic E-state index is 2.49. The molecule has 2 rings (SSSR count). The summed E-state index contributed by atoms with van der Waals surface area (Å²) in [6.45, 7) is 9.42. The van der Waals surface area contributed by atoms with Gasteiger partial charge in [-0.2, -0.15) is 0 Å². The highest BCUT2D eigenvalue weighted by molar-refractivity contribution is 5.37. The molecule has 0 bridgehead atoms. The van der Waals surface area contributed by atoms with E-state index in [0.717, 1.165) is 5.92 Å². The zero-order chi connectivity index (χ0) is 13.2. The molecule has 1 aliphatic rings. The zero-order valence-corrected chi connectivity index (χ0v) is 12.6. The van der Waals surface area contributed by atoms with Crippen LogP contribution in [-0.2, 0) is 11.8 Å². The topological polar surface area (TPSA) is 0 Å². The van der Waals surface area contributed by atoms with Crippen molar-refractivity contribution in [1.29, 1.82) is 0 Å². The van der Waals surface area contributed by atoms with Crippen molar-refractivity contribution in [2.24, 2.45) is 5.92 Å². The zero-order valence-electron chi connectivity index (χ0n) is 12.6. The number of hydrogen-bond donors (Lipinski definition) is 0. The number of rotatable bonds is 3. The van der Waals surface area contributed by atoms with E-state index >= 15 is 0 Å². The number of hydrogen-bond acceptors (Lipinski definition) is 0. The molecule has 0 heterocycles. The number of benzene rings is 1. The van der Waals surface area contributed by atoms with Crippen LogP contribution in [0.4, 0.5) is 0 Å². The van der Waals surface area contributed by atoms with E-state index in [4.69, 9.17) is 0 Å². The molecule has 1 fully saturated rings. The first-order valence-corrected chi connectivity index (χ1v) is 7.65. The lowest BCUT2D eigenvalue weighted by atomic mass is 9.66. The molecule has 18 heavy (non-hydrogen) atoms. The molecule has 0 unspecified atom stereocenters. The summed E-state index contributed by atoms with van der Waals surface area (Å²) in [5.74, 6) is 0.888. The Morgan fingerprint density at radius 2 is 2.11 bits per heavy atom. The van der Waals surface area contributed by atoms with E-state index in [1.807, 2.05) is 0 Å². The monoisotopic (exact) mass is 244 g/mol. The van der Waals surface area contributed by atoms with Crippen LogP contribution in [0, 0.1) is 12.8 Å². The molecule has 1 aromatic rings. The maximum absolute atomic E-state index is 2.49. The van der Waals surface area contributed by atoms with E-state index in [2.05, 4.69) is 45.9 Å². The van der Waals surface area contributed by atoms with Crippen LogP contribution >= 0.6 is 0 Å². The first kappa shape index (κ1) is 13.6. The van der Waals surface area contributed by atoms with E-state index in [1.54, 1.807) is 11.1 Å². The lowest BCUT2D eigenvalue weighted by Gasteiger charge is -2.39. The van der Waals surface area contributed by atoms with Gasteiger partial charge in [-0.15, -0.1) is 0 Å². The minimum atomic E-state index is 0.426. The van der Waals surface area contributed by atoms with Crippen molar-refractivity contribution >= 4 is 0 Å². The molecule has 0 radical (unpaired) electrons. The lowest BCUT2D eigenvalue weighted by molar-refractivity contribution is 0.251. The quantitative estimate of drug-likeness (QED) is 0.666. The summed E-state index contributed by atoms with van der Waals surface area (Å²) in [6.07, 6.45) is 8.05. The van der Waals surface area contributed by atoms with Crippen LogP contribution in [-0.4, -0.2) is 0 Å². The van der Waals surface area contributed by atoms with Gasteiger partial charge in [-0.3, -0.25) is 0 Å². The molecule has 0 saturated heterocycles. The Morgan fingerprint density at radius 3 is 2.78 bits per heavy atom. The van der Waals surface area contributed by atoms with Gasteiger partial charge in [-0.05, 0) is 48.6 Å². The second-order valence-corrected chi connectivity index (χ2v) is 6.67. The third kappa shape index (κ3) is 2.79. The van der Waals surface area contributed by atoms with Crippen LogP contribution in [0.3, 0.4) is 0 Å². The Bertz CT molecular complexity index is 404. The SMILES string of the molecule is CCCc1cc(C)ccc1[C@@]1(C)CCC[C@H](C)C1. The van der Waals surface area contributed by atoms with Crippen LogP contribution in [0.25, 0.3) is 0 Å². The average molecular weight is 244 g/mol. The lowest BCUT2D eigenvalue weighted by Crippen LogP contribution is -2.30. The average Bonchev–Trinajstić information content (AvgIpc) is 2.28. The largest absolute Gasteiger partial charge is 0.0651 e. The molecule has 1 aromatic carbocycles. The highest BCUT2D eigenvalue weighted by Crippen LogP contribution is 2.43. The minimum Gasteiger partial charge on any atom is -0.0651 e. The fraction of sp³-hybridized carbons (Fsp3) is 0.667. The minimum absolute atomic E-state index is 0.426. The molecule has 0 nitrogen and oxygen atoms in total. The summed E-state index contributed by atoms with van der Waals surface area (Å²) < 4.78 is 0. The maximum Gasteiger partial charge on any atom is -0.00700 e. The van der Waals surface area contributed by atoms with E-state index in [0.29, 0.717) is 5.41 Å². The van der Waals surface area contributed by atoms with Gasteiger partial charge in [0.1, 0.15) is 0 Å². The van der Waals surface area contributed by atoms with Crippen molar-refractivity contribution in [2.45, 2.75) is 71.6 Å². The van der Waals surface area contributed by atoms with Gasteiger partial charge in [-0.1, -0.05) is 63.8 Å². The van der Waals surface area contributed by atoms with Crippen molar-refractivity contribution in [3.8, 4) is 0 Å². The second kappa shape index (κ2) is 5.47. The van der Waals surface area contributed by atoms with E-state index < -0.39 is 0 Å². The Hall–Kier alpha value is -0.780. The summed E-state index contributed by atoms with van der Waals surface area (Å²) >= 11 is 0. The summed E-state index contributed by atoms with van der Waals surface area (Å²) in [6, 6.07) is 7.14. The molecule has 0 aliphatic heterocycles. The summed E-state index contributed by atoms with van der Waals surface area (Å²) in [4.78, 5) is 0. The standard InChI is InChI=1S/C18H28/c1-5-7-16-12-14(2)9-10-17(16)18(4)11-6-8-15(3)13-18/h9-10,12,15H,5-8,11,13H2,1-4H3/t15-,18-/m0/s1. The van der Waals surface area contributed by atoms with Crippen LogP contribution < -0.4 is 0 Å². The van der Waals surface area contributed by atoms with E-state index in [1.165, 1.54) is 44.1 Å². The normalized spacial score (nSPS) is 28.3. The van der Waals surface area contributed by atoms with Crippen LogP contribution in [0.5, 0.6) is 0 Å². The third-order valence-electron chi connectivity index (χ3n) is 4.65. The summed E-state index contributed by atoms with van der Waals surface area (Å²) in [5, 5.41) is 0. The van der Waals surface area contributed by atoms with Crippen molar-refractivity contribution in [1.82, 2.24) is 0 Å². The smallest absolute Gasteiger partial charge is 0.00700 e. The van der Waals surface area contributed by atoms with Crippen molar-refractivity contribution < 1.29 is 0 Å². The molecule has 1 aliphatic carbocycles. The Balaban J connectivity index is 2.36. The van der Waals surface area contributed by atoms with Gasteiger partial charge in [0.2, 0.25) is 0 Å². The van der Waals surface area contributed by atoms with Gasteiger partial charge in [0, 0.05) is 0 Å². The highest BCUT2D eigenvalue weighted by atomic mass is 14.4. The fourth-order valence-electron chi connectivity index (χ4n) is 3.85. The molecule has 100 valence electrons. The highest BCUT2D eigenvalue weighted by Gasteiger charge is 2.33. The first-order chi connectivity index (χ1) is 8.55. The predicted octanol–water partition coefficient (Wildman–Crippen LogP) is 5.42. The molecule has 0 spiro atoms. The predicted molar refractivity (Wildman–Crippen MR) is 80.2 cm³/mol. The number of aryl methyl sites for hydroxylation is 2. The summed E-state index contributed by atoms with van der Waals surface area (Å²) in [5.41, 5.74) is 5.08. The molecule has 0 aromatic heterocycles. The van der Waals surface area contributed by atoms with Gasteiger partial charge in [0.25, 0.3) is 0 Å². The van der Waals surface area contributed by atoms with Crippen LogP contribution in [0.2, 0.25) is 0 Å². The Morgan fingerprint density at radius 1 is 1.33 bits per heavy atom. The van der Waals surface area contributed by atoms with E-state index in [-0.39, 0.29) is 0 Å². The molecule has 0 amide bonds. The molecular weight excluding hydrogens is 216 g/mol. The summed E-state index contributed by atoms with van der Waals surface area (Å²) in [7, 11) is 0. The van der Waals surface area contributed by atoms with Crippen molar-refractivity contribution in [3.05, 3.63) is 34.9 Å². The van der Waals surface area contributed by atoms with Gasteiger partial charge < -0.3 is 0 Å². The Kier molecular flexibility index (Phi) is 4.14. The molecule has 1 saturated carbocycles. The van der Waals surface area contributed by atoms with Crippen LogP contribution in [0.1, 0.15) is 69.6 Å². The molecule has 0 N–H and O–H groups in total. The molecule has 0 heteroatoms. The van der Waals surface area contributed by atoms with Gasteiger partial charge in [-0.25, -0.2) is 0 Å². The van der Waals surface area contributed by atoms with E-state index in [9.17, 15) is 0 Å². The van der Waals surface area contributed by atoms with Gasteiger partial charge >= 0.3 is 0 Å². The molecular formula is C18H28. The fourth-order valence-corrected chi connectivity index (χ4v) is 3.85.